The first kappa shape index (κ1) is 25.9. The largest absolute Gasteiger partial charge is 0.487 e. The molecule has 3 aliphatic heterocycles. The third kappa shape index (κ3) is 5.13. The third-order valence-electron chi connectivity index (χ3n) is 8.49. The number of pyridine rings is 1. The molecule has 1 saturated heterocycles. The van der Waals surface area contributed by atoms with Gasteiger partial charge in [-0.05, 0) is 61.0 Å². The average Bonchev–Trinajstić information content (AvgIpc) is 3.49. The molecule has 41 heavy (non-hydrogen) atoms. The predicted molar refractivity (Wildman–Crippen MR) is 150 cm³/mol. The molecule has 3 atom stereocenters. The summed E-state index contributed by atoms with van der Waals surface area (Å²) in [5.74, 6) is 1.85. The fraction of sp³-hybridized carbons (Fsp3) is 0.387. The average molecular weight is 558 g/mol. The van der Waals surface area contributed by atoms with E-state index < -0.39 is 5.82 Å². The van der Waals surface area contributed by atoms with Crippen LogP contribution >= 0.6 is 0 Å². The molecule has 10 heteroatoms. The van der Waals surface area contributed by atoms with Crippen LogP contribution in [0.3, 0.4) is 0 Å². The van der Waals surface area contributed by atoms with Gasteiger partial charge in [0.15, 0.2) is 0 Å². The van der Waals surface area contributed by atoms with Gasteiger partial charge in [-0.3, -0.25) is 14.5 Å². The Balaban J connectivity index is 1.01. The highest BCUT2D eigenvalue weighted by Gasteiger charge is 2.59. The number of hydrogen-bond acceptors (Lipinski definition) is 7. The number of likely N-dealkylation sites (N-methyl/N-ethyl adjacent to an activating group) is 1. The highest BCUT2D eigenvalue weighted by Crippen LogP contribution is 2.54. The number of aromatic nitrogens is 1. The van der Waals surface area contributed by atoms with E-state index in [2.05, 4.69) is 32.3 Å². The summed E-state index contributed by atoms with van der Waals surface area (Å²) in [5.41, 5.74) is 2.97. The molecule has 1 aromatic heterocycles. The Kier molecular flexibility index (Phi) is 6.59. The van der Waals surface area contributed by atoms with Crippen molar-refractivity contribution in [3.05, 3.63) is 76.7 Å². The Hall–Kier alpha value is -4.02. The Labute approximate surface area is 237 Å². The van der Waals surface area contributed by atoms with Crippen molar-refractivity contribution < 1.29 is 23.5 Å². The van der Waals surface area contributed by atoms with Crippen LogP contribution in [0, 0.1) is 5.82 Å². The van der Waals surface area contributed by atoms with Gasteiger partial charge in [-0.1, -0.05) is 6.92 Å². The molecule has 3 aromatic rings. The fourth-order valence-corrected chi connectivity index (χ4v) is 6.19. The summed E-state index contributed by atoms with van der Waals surface area (Å²) in [6, 6.07) is 11.9. The van der Waals surface area contributed by atoms with Gasteiger partial charge in [-0.25, -0.2) is 9.37 Å². The van der Waals surface area contributed by atoms with Crippen molar-refractivity contribution in [3.8, 4) is 17.2 Å². The van der Waals surface area contributed by atoms with Crippen molar-refractivity contribution in [2.75, 3.05) is 38.0 Å². The van der Waals surface area contributed by atoms with Crippen LogP contribution in [0.4, 0.5) is 10.2 Å². The van der Waals surface area contributed by atoms with Gasteiger partial charge in [-0.15, -0.1) is 0 Å². The highest BCUT2D eigenvalue weighted by molar-refractivity contribution is 5.95. The normalized spacial score (nSPS) is 23.1. The lowest BCUT2D eigenvalue weighted by atomic mass is 10.1. The minimum atomic E-state index is -0.405. The Morgan fingerprint density at radius 1 is 1.12 bits per heavy atom. The summed E-state index contributed by atoms with van der Waals surface area (Å²) >= 11 is 0. The maximum atomic E-state index is 14.5. The van der Waals surface area contributed by atoms with E-state index in [0.29, 0.717) is 42.3 Å². The van der Waals surface area contributed by atoms with Gasteiger partial charge >= 0.3 is 0 Å². The standard InChI is InChI=1S/C31H32FN5O4/c1-2-36-9-11-37(12-10-36)17-18-13-19(15-20(32)14-18)31(39)35-28-27-23-16-21(3-5-24(23)41-29(27)28)40-25-7-8-33-30-22(25)4-6-26(38)34-30/h3,5,7-8,13-16,27-29H,2,4,6,9-12,17H2,1H3,(H,35,39)(H,33,34,38)/t27-,28+,29-/m0/s1. The SMILES string of the molecule is CCN1CCN(Cc2cc(F)cc(C(=O)N[C@H]3[C@H]4Oc5ccc(Oc6ccnc7c6CCC(=O)N7)cc5[C@@H]34)c2)CC1. The van der Waals surface area contributed by atoms with Gasteiger partial charge in [0.25, 0.3) is 5.91 Å². The number of halogens is 1. The number of anilines is 1. The van der Waals surface area contributed by atoms with E-state index in [9.17, 15) is 14.0 Å². The number of carbonyl (C=O) groups excluding carboxylic acids is 2. The molecule has 1 saturated carbocycles. The van der Waals surface area contributed by atoms with Crippen molar-refractivity contribution in [1.29, 1.82) is 0 Å². The molecule has 2 amide bonds. The molecule has 0 radical (unpaired) electrons. The van der Waals surface area contributed by atoms with Crippen molar-refractivity contribution >= 4 is 17.6 Å². The maximum Gasteiger partial charge on any atom is 0.251 e. The van der Waals surface area contributed by atoms with E-state index in [1.165, 1.54) is 12.1 Å². The molecule has 0 bridgehead atoms. The maximum absolute atomic E-state index is 14.5. The molecule has 7 rings (SSSR count). The zero-order valence-corrected chi connectivity index (χ0v) is 22.9. The number of piperazine rings is 1. The van der Waals surface area contributed by atoms with E-state index in [1.54, 1.807) is 18.3 Å². The van der Waals surface area contributed by atoms with Crippen LogP contribution in [-0.2, 0) is 17.8 Å². The molecule has 0 unspecified atom stereocenters. The van der Waals surface area contributed by atoms with Crippen molar-refractivity contribution in [2.45, 2.75) is 44.4 Å². The van der Waals surface area contributed by atoms with Gasteiger partial charge < -0.3 is 25.0 Å². The smallest absolute Gasteiger partial charge is 0.251 e. The Morgan fingerprint density at radius 2 is 1.95 bits per heavy atom. The zero-order chi connectivity index (χ0) is 28.1. The van der Waals surface area contributed by atoms with Crippen LogP contribution in [0.1, 0.15) is 46.3 Å². The van der Waals surface area contributed by atoms with Crippen LogP contribution in [0.15, 0.2) is 48.7 Å². The van der Waals surface area contributed by atoms with Crippen molar-refractivity contribution in [1.82, 2.24) is 20.1 Å². The quantitative estimate of drug-likeness (QED) is 0.458. The second-order valence-electron chi connectivity index (χ2n) is 11.2. The van der Waals surface area contributed by atoms with E-state index in [4.69, 9.17) is 9.47 Å². The number of carbonyl (C=O) groups is 2. The number of fused-ring (bicyclic) bond motifs is 4. The molecule has 2 N–H and O–H groups in total. The fourth-order valence-electron chi connectivity index (χ4n) is 6.19. The highest BCUT2D eigenvalue weighted by atomic mass is 19.1. The topological polar surface area (TPSA) is 96.0 Å². The van der Waals surface area contributed by atoms with Crippen molar-refractivity contribution in [3.63, 3.8) is 0 Å². The molecule has 0 spiro atoms. The predicted octanol–water partition coefficient (Wildman–Crippen LogP) is 3.69. The zero-order valence-electron chi connectivity index (χ0n) is 22.9. The van der Waals surface area contributed by atoms with Crippen LogP contribution in [0.5, 0.6) is 17.2 Å². The number of rotatable bonds is 7. The van der Waals surface area contributed by atoms with Crippen LogP contribution < -0.4 is 20.1 Å². The van der Waals surface area contributed by atoms with Gasteiger partial charge in [0, 0.05) is 62.0 Å². The number of amides is 2. The Morgan fingerprint density at radius 3 is 2.78 bits per heavy atom. The molecule has 2 aromatic carbocycles. The van der Waals surface area contributed by atoms with Gasteiger partial charge in [0.05, 0.1) is 12.0 Å². The molecule has 9 nitrogen and oxygen atoms in total. The van der Waals surface area contributed by atoms with E-state index in [0.717, 1.165) is 55.2 Å². The second kappa shape index (κ2) is 10.4. The number of hydrogen-bond donors (Lipinski definition) is 2. The summed E-state index contributed by atoms with van der Waals surface area (Å²) in [7, 11) is 0. The molecule has 2 fully saturated rings. The first-order chi connectivity index (χ1) is 19.9. The van der Waals surface area contributed by atoms with Gasteiger partial charge in [0.1, 0.15) is 35.0 Å². The lowest BCUT2D eigenvalue weighted by molar-refractivity contribution is -0.116. The second-order valence-corrected chi connectivity index (χ2v) is 11.2. The Bertz CT molecular complexity index is 1520. The first-order valence-electron chi connectivity index (χ1n) is 14.3. The van der Waals surface area contributed by atoms with E-state index >= 15 is 0 Å². The number of ether oxygens (including phenoxy) is 2. The minimum Gasteiger partial charge on any atom is -0.487 e. The molecule has 212 valence electrons. The lowest BCUT2D eigenvalue weighted by Crippen LogP contribution is -2.45. The summed E-state index contributed by atoms with van der Waals surface area (Å²) < 4.78 is 26.8. The van der Waals surface area contributed by atoms with Crippen LogP contribution in [0.25, 0.3) is 0 Å². The van der Waals surface area contributed by atoms with E-state index in [1.807, 2.05) is 18.2 Å². The number of nitrogens with zero attached hydrogens (tertiary/aromatic N) is 3. The molecular formula is C31H32FN5O4. The summed E-state index contributed by atoms with van der Waals surface area (Å²) in [4.78, 5) is 33.9. The summed E-state index contributed by atoms with van der Waals surface area (Å²) in [6.45, 7) is 7.68. The lowest BCUT2D eigenvalue weighted by Gasteiger charge is -2.34. The van der Waals surface area contributed by atoms with Gasteiger partial charge in [-0.2, -0.15) is 0 Å². The first-order valence-corrected chi connectivity index (χ1v) is 14.3. The van der Waals surface area contributed by atoms with Crippen LogP contribution in [-0.4, -0.2) is 71.5 Å². The molecule has 4 heterocycles. The number of benzene rings is 2. The molecular weight excluding hydrogens is 525 g/mol. The molecule has 1 aliphatic carbocycles. The number of nitrogens with one attached hydrogen (secondary N) is 2. The van der Waals surface area contributed by atoms with Crippen LogP contribution in [0.2, 0.25) is 0 Å². The van der Waals surface area contributed by atoms with Gasteiger partial charge in [0.2, 0.25) is 5.91 Å². The molecule has 4 aliphatic rings. The third-order valence-corrected chi connectivity index (χ3v) is 8.49. The summed E-state index contributed by atoms with van der Waals surface area (Å²) in [6.07, 6.45) is 2.41. The van der Waals surface area contributed by atoms with E-state index in [-0.39, 0.29) is 29.9 Å². The summed E-state index contributed by atoms with van der Waals surface area (Å²) in [5, 5.41) is 5.85. The minimum absolute atomic E-state index is 0.00559. The monoisotopic (exact) mass is 557 g/mol. The van der Waals surface area contributed by atoms with Crippen molar-refractivity contribution in [2.24, 2.45) is 0 Å².